The van der Waals surface area contributed by atoms with Crippen LogP contribution >= 0.6 is 0 Å². The summed E-state index contributed by atoms with van der Waals surface area (Å²) in [5, 5.41) is 0. The van der Waals surface area contributed by atoms with Gasteiger partial charge < -0.3 is 4.42 Å². The Kier molecular flexibility index (Phi) is 2.82. The van der Waals surface area contributed by atoms with E-state index in [9.17, 15) is 0 Å². The maximum absolute atomic E-state index is 5.61. The van der Waals surface area contributed by atoms with Crippen molar-refractivity contribution in [1.29, 1.82) is 0 Å². The second kappa shape index (κ2) is 4.02. The van der Waals surface area contributed by atoms with Gasteiger partial charge in [-0.2, -0.15) is 0 Å². The second-order valence-electron chi connectivity index (χ2n) is 5.49. The predicted molar refractivity (Wildman–Crippen MR) is 70.1 cm³/mol. The average Bonchev–Trinajstić information content (AvgIpc) is 2.58. The number of aromatic nitrogens is 1. The average molecular weight is 229 g/mol. The summed E-state index contributed by atoms with van der Waals surface area (Å²) in [7, 11) is 0. The van der Waals surface area contributed by atoms with E-state index in [0.29, 0.717) is 5.89 Å². The maximum atomic E-state index is 5.61. The summed E-state index contributed by atoms with van der Waals surface area (Å²) in [5.41, 5.74) is 3.50. The van der Waals surface area contributed by atoms with Crippen LogP contribution in [-0.4, -0.2) is 4.98 Å². The molecule has 0 aliphatic rings. The van der Waals surface area contributed by atoms with Crippen molar-refractivity contribution in [2.75, 3.05) is 0 Å². The lowest BCUT2D eigenvalue weighted by Crippen LogP contribution is -2.10. The van der Waals surface area contributed by atoms with Crippen LogP contribution in [0.2, 0.25) is 0 Å². The summed E-state index contributed by atoms with van der Waals surface area (Å²) >= 11 is 0. The van der Waals surface area contributed by atoms with Gasteiger partial charge in [-0.15, -0.1) is 0 Å². The van der Waals surface area contributed by atoms with Gasteiger partial charge in [0.1, 0.15) is 5.76 Å². The molecule has 0 aliphatic heterocycles. The molecule has 0 saturated heterocycles. The molecule has 2 heteroatoms. The van der Waals surface area contributed by atoms with Crippen molar-refractivity contribution < 1.29 is 4.42 Å². The highest BCUT2D eigenvalue weighted by molar-refractivity contribution is 5.54. The molecular formula is C15H19NO. The zero-order valence-corrected chi connectivity index (χ0v) is 11.2. The minimum absolute atomic E-state index is 0.182. The molecule has 0 spiro atoms. The van der Waals surface area contributed by atoms with E-state index in [1.165, 1.54) is 5.56 Å². The van der Waals surface area contributed by atoms with Crippen LogP contribution in [0.1, 0.15) is 37.8 Å². The highest BCUT2D eigenvalue weighted by Gasteiger charge is 2.14. The van der Waals surface area contributed by atoms with E-state index in [2.05, 4.69) is 50.0 Å². The predicted octanol–water partition coefficient (Wildman–Crippen LogP) is 4.26. The molecule has 1 heterocycles. The van der Waals surface area contributed by atoms with Crippen LogP contribution in [0.4, 0.5) is 0 Å². The van der Waals surface area contributed by atoms with Crippen LogP contribution in [0.3, 0.4) is 0 Å². The minimum Gasteiger partial charge on any atom is -0.441 e. The quantitative estimate of drug-likeness (QED) is 0.730. The Morgan fingerprint density at radius 3 is 2.00 bits per heavy atom. The fourth-order valence-corrected chi connectivity index (χ4v) is 1.71. The number of aryl methyl sites for hydroxylation is 2. The molecule has 0 amide bonds. The van der Waals surface area contributed by atoms with Crippen LogP contribution in [0.15, 0.2) is 28.7 Å². The van der Waals surface area contributed by atoms with Gasteiger partial charge in [0, 0.05) is 5.56 Å². The third-order valence-corrected chi connectivity index (χ3v) is 3.03. The number of benzene rings is 1. The Labute approximate surface area is 103 Å². The lowest BCUT2D eigenvalue weighted by Gasteiger charge is -2.18. The molecule has 90 valence electrons. The van der Waals surface area contributed by atoms with E-state index in [-0.39, 0.29) is 5.41 Å². The normalized spacial score (nSPS) is 11.8. The Morgan fingerprint density at radius 1 is 1.00 bits per heavy atom. The molecule has 0 fully saturated rings. The molecule has 0 unspecified atom stereocenters. The molecule has 2 nitrogen and oxygen atoms in total. The minimum atomic E-state index is 0.182. The SMILES string of the molecule is Cc1nc(-c2ccc(C(C)(C)C)cc2)oc1C. The Balaban J connectivity index is 2.36. The lowest BCUT2D eigenvalue weighted by molar-refractivity contribution is 0.540. The molecule has 2 rings (SSSR count). The van der Waals surface area contributed by atoms with Crippen LogP contribution in [0, 0.1) is 13.8 Å². The number of rotatable bonds is 1. The largest absolute Gasteiger partial charge is 0.441 e. The van der Waals surface area contributed by atoms with E-state index in [0.717, 1.165) is 17.0 Å². The van der Waals surface area contributed by atoms with Crippen molar-refractivity contribution in [3.8, 4) is 11.5 Å². The van der Waals surface area contributed by atoms with Crippen molar-refractivity contribution in [2.24, 2.45) is 0 Å². The Hall–Kier alpha value is -1.57. The second-order valence-corrected chi connectivity index (χ2v) is 5.49. The number of hydrogen-bond acceptors (Lipinski definition) is 2. The smallest absolute Gasteiger partial charge is 0.226 e. The van der Waals surface area contributed by atoms with Gasteiger partial charge in [0.05, 0.1) is 5.69 Å². The first-order valence-corrected chi connectivity index (χ1v) is 5.93. The Bertz CT molecular complexity index is 495. The zero-order valence-electron chi connectivity index (χ0n) is 11.2. The van der Waals surface area contributed by atoms with Crippen molar-refractivity contribution in [3.63, 3.8) is 0 Å². The van der Waals surface area contributed by atoms with Crippen molar-refractivity contribution >= 4 is 0 Å². The molecule has 0 aliphatic carbocycles. The molecule has 0 N–H and O–H groups in total. The van der Waals surface area contributed by atoms with Crippen molar-refractivity contribution in [3.05, 3.63) is 41.3 Å². The molecule has 0 radical (unpaired) electrons. The third kappa shape index (κ3) is 2.41. The first-order valence-electron chi connectivity index (χ1n) is 5.93. The summed E-state index contributed by atoms with van der Waals surface area (Å²) < 4.78 is 5.61. The van der Waals surface area contributed by atoms with E-state index in [1.54, 1.807) is 0 Å². The maximum Gasteiger partial charge on any atom is 0.226 e. The van der Waals surface area contributed by atoms with Crippen LogP contribution in [-0.2, 0) is 5.41 Å². The van der Waals surface area contributed by atoms with Crippen LogP contribution in [0.25, 0.3) is 11.5 Å². The van der Waals surface area contributed by atoms with Crippen LogP contribution < -0.4 is 0 Å². The van der Waals surface area contributed by atoms with Crippen molar-refractivity contribution in [1.82, 2.24) is 4.98 Å². The number of oxazole rings is 1. The van der Waals surface area contributed by atoms with Gasteiger partial charge in [-0.1, -0.05) is 32.9 Å². The molecule has 0 atom stereocenters. The number of hydrogen-bond donors (Lipinski definition) is 0. The summed E-state index contributed by atoms with van der Waals surface area (Å²) in [4.78, 5) is 4.41. The highest BCUT2D eigenvalue weighted by Crippen LogP contribution is 2.26. The lowest BCUT2D eigenvalue weighted by atomic mass is 9.87. The van der Waals surface area contributed by atoms with E-state index < -0.39 is 0 Å². The van der Waals surface area contributed by atoms with Gasteiger partial charge in [0.2, 0.25) is 5.89 Å². The van der Waals surface area contributed by atoms with E-state index in [4.69, 9.17) is 4.42 Å². The standard InChI is InChI=1S/C15H19NO/c1-10-11(2)17-14(16-10)12-6-8-13(9-7-12)15(3,4)5/h6-9H,1-5H3. The topological polar surface area (TPSA) is 26.0 Å². The summed E-state index contributed by atoms with van der Waals surface area (Å²) in [6.07, 6.45) is 0. The fraction of sp³-hybridized carbons (Fsp3) is 0.400. The Morgan fingerprint density at radius 2 is 1.59 bits per heavy atom. The van der Waals surface area contributed by atoms with Gasteiger partial charge in [-0.25, -0.2) is 4.98 Å². The zero-order chi connectivity index (χ0) is 12.6. The monoisotopic (exact) mass is 229 g/mol. The molecule has 2 aromatic rings. The molecule has 0 bridgehead atoms. The summed E-state index contributed by atoms with van der Waals surface area (Å²) in [5.74, 6) is 1.60. The first kappa shape index (κ1) is 11.9. The molecule has 1 aromatic heterocycles. The molecular weight excluding hydrogens is 210 g/mol. The third-order valence-electron chi connectivity index (χ3n) is 3.03. The van der Waals surface area contributed by atoms with Gasteiger partial charge in [-0.05, 0) is 37.0 Å². The summed E-state index contributed by atoms with van der Waals surface area (Å²) in [6.45, 7) is 10.5. The fourth-order valence-electron chi connectivity index (χ4n) is 1.71. The van der Waals surface area contributed by atoms with Crippen LogP contribution in [0.5, 0.6) is 0 Å². The van der Waals surface area contributed by atoms with Gasteiger partial charge in [0.25, 0.3) is 0 Å². The summed E-state index contributed by atoms with van der Waals surface area (Å²) in [6, 6.07) is 8.44. The van der Waals surface area contributed by atoms with E-state index in [1.807, 2.05) is 13.8 Å². The first-order chi connectivity index (χ1) is 7.88. The highest BCUT2D eigenvalue weighted by atomic mass is 16.4. The van der Waals surface area contributed by atoms with Gasteiger partial charge in [-0.3, -0.25) is 0 Å². The molecule has 1 aromatic carbocycles. The van der Waals surface area contributed by atoms with Gasteiger partial charge >= 0.3 is 0 Å². The molecule has 0 saturated carbocycles. The molecule has 17 heavy (non-hydrogen) atoms. The number of nitrogens with zero attached hydrogens (tertiary/aromatic N) is 1. The van der Waals surface area contributed by atoms with E-state index >= 15 is 0 Å². The van der Waals surface area contributed by atoms with Crippen molar-refractivity contribution in [2.45, 2.75) is 40.0 Å². The van der Waals surface area contributed by atoms with Gasteiger partial charge in [0.15, 0.2) is 0 Å².